The Morgan fingerprint density at radius 2 is 0.875 bits per heavy atom. The van der Waals surface area contributed by atoms with E-state index < -0.39 is 0 Å². The molecule has 330 valence electrons. The summed E-state index contributed by atoms with van der Waals surface area (Å²) < 4.78 is 0. The number of piperazine rings is 2. The van der Waals surface area contributed by atoms with Crippen molar-refractivity contribution in [2.24, 2.45) is 0 Å². The molecule has 0 saturated carbocycles. The lowest BCUT2D eigenvalue weighted by molar-refractivity contribution is -0.122. The predicted molar refractivity (Wildman–Crippen MR) is 253 cm³/mol. The highest BCUT2D eigenvalue weighted by molar-refractivity contribution is 5.87. The molecule has 8 aromatic rings. The Balaban J connectivity index is 0.633. The average molecular weight is 861 g/mol. The van der Waals surface area contributed by atoms with Gasteiger partial charge in [-0.1, -0.05) is 12.8 Å². The van der Waals surface area contributed by atoms with E-state index in [9.17, 15) is 9.59 Å². The third-order valence-electron chi connectivity index (χ3n) is 12.7. The van der Waals surface area contributed by atoms with E-state index >= 15 is 0 Å². The first-order valence-electron chi connectivity index (χ1n) is 22.6. The molecule has 0 atom stereocenters. The fourth-order valence-corrected chi connectivity index (χ4v) is 8.84. The number of rotatable bonds is 15. The molecule has 0 spiro atoms. The van der Waals surface area contributed by atoms with Crippen LogP contribution in [-0.2, 0) is 22.7 Å². The molecule has 0 bridgehead atoms. The number of carbonyl (C=O) groups is 2. The molecule has 16 nitrogen and oxygen atoms in total. The lowest BCUT2D eigenvalue weighted by Gasteiger charge is -2.34. The number of benzene rings is 4. The number of aromatic amines is 4. The van der Waals surface area contributed by atoms with Crippen molar-refractivity contribution in [1.29, 1.82) is 0 Å². The van der Waals surface area contributed by atoms with Gasteiger partial charge in [0.05, 0.1) is 57.2 Å². The van der Waals surface area contributed by atoms with Gasteiger partial charge in [-0.25, -0.2) is 19.9 Å². The number of anilines is 2. The van der Waals surface area contributed by atoms with Crippen LogP contribution in [0, 0.1) is 0 Å². The molecule has 2 aliphatic heterocycles. The van der Waals surface area contributed by atoms with E-state index in [0.717, 1.165) is 145 Å². The van der Waals surface area contributed by atoms with Gasteiger partial charge in [-0.05, 0) is 99.7 Å². The monoisotopic (exact) mass is 860 g/mol. The molecule has 0 radical (unpaired) electrons. The number of hydrogen-bond donors (Lipinski definition) is 6. The van der Waals surface area contributed by atoms with Gasteiger partial charge < -0.3 is 50.2 Å². The first-order chi connectivity index (χ1) is 31.3. The highest BCUT2D eigenvalue weighted by Crippen LogP contribution is 2.29. The van der Waals surface area contributed by atoms with Crippen molar-refractivity contribution in [3.05, 3.63) is 84.4 Å². The number of amides is 2. The molecular weight excluding hydrogens is 805 g/mol. The fourth-order valence-electron chi connectivity index (χ4n) is 8.84. The number of nitrogens with zero attached hydrogens (tertiary/aromatic N) is 8. The van der Waals surface area contributed by atoms with Crippen molar-refractivity contribution < 1.29 is 9.59 Å². The number of imidazole rings is 4. The molecular formula is C48H56N14O2. The maximum Gasteiger partial charge on any atom is 0.220 e. The highest BCUT2D eigenvalue weighted by atomic mass is 16.2. The van der Waals surface area contributed by atoms with Gasteiger partial charge in [-0.2, -0.15) is 0 Å². The molecule has 2 aliphatic rings. The second-order valence-electron chi connectivity index (χ2n) is 17.5. The van der Waals surface area contributed by atoms with Gasteiger partial charge in [0.2, 0.25) is 11.8 Å². The maximum absolute atomic E-state index is 12.7. The van der Waals surface area contributed by atoms with Crippen LogP contribution in [0.2, 0.25) is 0 Å². The van der Waals surface area contributed by atoms with Crippen LogP contribution in [0.3, 0.4) is 0 Å². The highest BCUT2D eigenvalue weighted by Gasteiger charge is 2.18. The number of carbonyl (C=O) groups excluding carboxylic acids is 2. The summed E-state index contributed by atoms with van der Waals surface area (Å²) in [7, 11) is 4.34. The van der Waals surface area contributed by atoms with Crippen LogP contribution in [0.25, 0.3) is 66.9 Å². The van der Waals surface area contributed by atoms with Crippen LogP contribution in [0.4, 0.5) is 11.4 Å². The summed E-state index contributed by atoms with van der Waals surface area (Å²) in [5, 5.41) is 6.00. The van der Waals surface area contributed by atoms with E-state index in [1.165, 1.54) is 11.4 Å². The van der Waals surface area contributed by atoms with Crippen LogP contribution in [0.5, 0.6) is 0 Å². The smallest absolute Gasteiger partial charge is 0.220 e. The molecule has 2 amide bonds. The van der Waals surface area contributed by atoms with Crippen molar-refractivity contribution in [1.82, 2.24) is 60.3 Å². The molecule has 0 unspecified atom stereocenters. The Morgan fingerprint density at radius 3 is 1.31 bits per heavy atom. The molecule has 6 N–H and O–H groups in total. The predicted octanol–water partition coefficient (Wildman–Crippen LogP) is 6.30. The van der Waals surface area contributed by atoms with Crippen molar-refractivity contribution in [2.45, 2.75) is 51.6 Å². The minimum absolute atomic E-state index is 0.0112. The quantitative estimate of drug-likeness (QED) is 0.0640. The van der Waals surface area contributed by atoms with E-state index in [2.05, 4.69) is 113 Å². The van der Waals surface area contributed by atoms with Gasteiger partial charge >= 0.3 is 0 Å². The lowest BCUT2D eigenvalue weighted by atomic mass is 10.1. The first-order valence-corrected chi connectivity index (χ1v) is 22.6. The molecule has 2 fully saturated rings. The number of aromatic nitrogens is 8. The summed E-state index contributed by atoms with van der Waals surface area (Å²) >= 11 is 0. The third kappa shape index (κ3) is 9.29. The summed E-state index contributed by atoms with van der Waals surface area (Å²) in [6.45, 7) is 8.98. The zero-order chi connectivity index (χ0) is 43.6. The van der Waals surface area contributed by atoms with E-state index in [-0.39, 0.29) is 11.8 Å². The number of nitrogens with one attached hydrogen (secondary N) is 6. The summed E-state index contributed by atoms with van der Waals surface area (Å²) in [5.74, 6) is 3.01. The summed E-state index contributed by atoms with van der Waals surface area (Å²) in [5.41, 5.74) is 11.8. The number of fused-ring (bicyclic) bond motifs is 4. The number of likely N-dealkylation sites (N-methyl/N-ethyl adjacent to an activating group) is 2. The molecule has 64 heavy (non-hydrogen) atoms. The van der Waals surface area contributed by atoms with E-state index in [0.29, 0.717) is 37.6 Å². The van der Waals surface area contributed by atoms with Crippen LogP contribution < -0.4 is 20.4 Å². The first kappa shape index (κ1) is 41.2. The summed E-state index contributed by atoms with van der Waals surface area (Å²) in [4.78, 5) is 67.8. The van der Waals surface area contributed by atoms with Crippen molar-refractivity contribution >= 4 is 67.3 Å². The van der Waals surface area contributed by atoms with Crippen molar-refractivity contribution in [3.8, 4) is 22.8 Å². The Labute approximate surface area is 371 Å². The van der Waals surface area contributed by atoms with Gasteiger partial charge in [-0.3, -0.25) is 9.59 Å². The standard InChI is InChI=1S/C48H56N14O2/c1-59-17-21-61(22-18-59)33-11-15-37-41(27-33)57-47(55-37)31-9-13-35-39(25-31)53-43(51-35)29-49-45(63)7-5-3-4-6-8-46(64)50-30-44-52-36-14-10-32(26-40(36)54-44)48-56-38-16-12-34(28-42(38)58-48)62-23-19-60(2)20-24-62/h9-16,25-28H,3-8,17-24,29-30H2,1-2H3,(H,49,63)(H,50,64)(H,51,53)(H,52,54)(H,55,57)(H,56,58). The Hall–Kier alpha value is -6.78. The third-order valence-corrected chi connectivity index (χ3v) is 12.7. The van der Waals surface area contributed by atoms with E-state index in [4.69, 9.17) is 19.9 Å². The van der Waals surface area contributed by atoms with Gasteiger partial charge in [0.25, 0.3) is 0 Å². The SMILES string of the molecule is CN1CCN(c2ccc3nc(-c4ccc5nc(CNC(=O)CCCCCCC(=O)NCc6nc7ccc(-c8nc9ccc(N%10CCN(C)CC%10)cc9[nH]8)cc7[nH]6)[nH]c5c4)[nH]c3c2)CC1. The zero-order valence-corrected chi connectivity index (χ0v) is 36.6. The van der Waals surface area contributed by atoms with Crippen molar-refractivity contribution in [3.63, 3.8) is 0 Å². The molecule has 16 heteroatoms. The van der Waals surface area contributed by atoms with Gasteiger partial charge in [0.15, 0.2) is 0 Å². The topological polar surface area (TPSA) is 186 Å². The Bertz CT molecular complexity index is 2730. The van der Waals surface area contributed by atoms with Crippen LogP contribution >= 0.6 is 0 Å². The molecule has 6 heterocycles. The van der Waals surface area contributed by atoms with Crippen LogP contribution in [-0.4, -0.2) is 128 Å². The van der Waals surface area contributed by atoms with E-state index in [1.807, 2.05) is 24.3 Å². The van der Waals surface area contributed by atoms with Crippen LogP contribution in [0.15, 0.2) is 72.8 Å². The summed E-state index contributed by atoms with van der Waals surface area (Å²) in [6.07, 6.45) is 4.14. The van der Waals surface area contributed by atoms with Crippen LogP contribution in [0.1, 0.15) is 50.2 Å². The largest absolute Gasteiger partial charge is 0.369 e. The normalized spacial score (nSPS) is 15.3. The van der Waals surface area contributed by atoms with Gasteiger partial charge in [-0.15, -0.1) is 0 Å². The molecule has 10 rings (SSSR count). The van der Waals surface area contributed by atoms with Gasteiger partial charge in [0.1, 0.15) is 23.3 Å². The molecule has 4 aromatic carbocycles. The van der Waals surface area contributed by atoms with Gasteiger partial charge in [0, 0.05) is 87.7 Å². The summed E-state index contributed by atoms with van der Waals surface area (Å²) in [6, 6.07) is 25.0. The molecule has 2 saturated heterocycles. The minimum Gasteiger partial charge on any atom is -0.369 e. The number of hydrogen-bond acceptors (Lipinski definition) is 10. The fraction of sp³-hybridized carbons (Fsp3) is 0.375. The average Bonchev–Trinajstić information content (AvgIpc) is 4.12. The molecule has 0 aliphatic carbocycles. The number of H-pyrrole nitrogens is 4. The Morgan fingerprint density at radius 1 is 0.484 bits per heavy atom. The van der Waals surface area contributed by atoms with E-state index in [1.54, 1.807) is 0 Å². The second-order valence-corrected chi connectivity index (χ2v) is 17.5. The minimum atomic E-state index is -0.0112. The lowest BCUT2D eigenvalue weighted by Crippen LogP contribution is -2.44. The Kier molecular flexibility index (Phi) is 11.7. The van der Waals surface area contributed by atoms with Crippen molar-refractivity contribution in [2.75, 3.05) is 76.3 Å². The second kappa shape index (κ2) is 18.1. The molecule has 4 aromatic heterocycles. The zero-order valence-electron chi connectivity index (χ0n) is 36.6. The maximum atomic E-state index is 12.7. The number of unbranched alkanes of at least 4 members (excludes halogenated alkanes) is 3.